The lowest BCUT2D eigenvalue weighted by Gasteiger charge is -2.10. The van der Waals surface area contributed by atoms with E-state index in [1.165, 1.54) is 19.2 Å². The Labute approximate surface area is 141 Å². The Morgan fingerprint density at radius 3 is 2.59 bits per heavy atom. The topological polar surface area (TPSA) is 84.1 Å². The lowest BCUT2D eigenvalue weighted by Crippen LogP contribution is -2.13. The van der Waals surface area contributed by atoms with Crippen LogP contribution in [0.3, 0.4) is 0 Å². The first-order valence-electron chi connectivity index (χ1n) is 6.30. The van der Waals surface area contributed by atoms with Gasteiger partial charge in [0.1, 0.15) is 5.75 Å². The Morgan fingerprint density at radius 2 is 1.91 bits per heavy atom. The van der Waals surface area contributed by atoms with E-state index in [2.05, 4.69) is 37.5 Å². The molecule has 2 aromatic carbocycles. The number of rotatable bonds is 4. The largest absolute Gasteiger partial charge is 0.497 e. The highest BCUT2D eigenvalue weighted by atomic mass is 127. The number of methoxy groups -OCH3 is 1. The van der Waals surface area contributed by atoms with Crippen molar-refractivity contribution in [3.63, 3.8) is 0 Å². The second-order valence-corrected chi connectivity index (χ2v) is 7.38. The van der Waals surface area contributed by atoms with Gasteiger partial charge in [0.25, 0.3) is 10.0 Å². The molecule has 0 bridgehead atoms. The number of benzene rings is 2. The van der Waals surface area contributed by atoms with Gasteiger partial charge < -0.3 is 4.74 Å². The highest BCUT2D eigenvalue weighted by molar-refractivity contribution is 14.1. The molecular formula is C14H12IN3O3S. The molecule has 0 aliphatic heterocycles. The first-order chi connectivity index (χ1) is 10.5. The van der Waals surface area contributed by atoms with E-state index in [1.54, 1.807) is 24.4 Å². The van der Waals surface area contributed by atoms with Gasteiger partial charge in [-0.2, -0.15) is 5.10 Å². The van der Waals surface area contributed by atoms with E-state index in [0.717, 1.165) is 8.96 Å². The highest BCUT2D eigenvalue weighted by Crippen LogP contribution is 2.28. The number of aromatic amines is 1. The average molecular weight is 429 g/mol. The Hall–Kier alpha value is -1.81. The summed E-state index contributed by atoms with van der Waals surface area (Å²) in [5.41, 5.74) is 1.12. The smallest absolute Gasteiger partial charge is 0.261 e. The van der Waals surface area contributed by atoms with Crippen molar-refractivity contribution >= 4 is 49.2 Å². The SMILES string of the molecule is COc1ccc(S(=O)(=O)Nc2ccc(I)c3cn[nH]c23)cc1. The van der Waals surface area contributed by atoms with Crippen molar-refractivity contribution in [2.75, 3.05) is 11.8 Å². The summed E-state index contributed by atoms with van der Waals surface area (Å²) in [5, 5.41) is 7.66. The fourth-order valence-corrected chi connectivity index (χ4v) is 3.71. The van der Waals surface area contributed by atoms with Crippen LogP contribution < -0.4 is 9.46 Å². The fourth-order valence-electron chi connectivity index (χ4n) is 2.05. The zero-order valence-electron chi connectivity index (χ0n) is 11.5. The molecule has 2 N–H and O–H groups in total. The van der Waals surface area contributed by atoms with Gasteiger partial charge in [-0.05, 0) is 59.0 Å². The van der Waals surface area contributed by atoms with E-state index in [4.69, 9.17) is 4.74 Å². The van der Waals surface area contributed by atoms with Gasteiger partial charge in [0.05, 0.1) is 29.4 Å². The zero-order valence-corrected chi connectivity index (χ0v) is 14.5. The maximum atomic E-state index is 12.5. The number of H-pyrrole nitrogens is 1. The molecule has 0 saturated carbocycles. The molecule has 8 heteroatoms. The Morgan fingerprint density at radius 1 is 1.18 bits per heavy atom. The van der Waals surface area contributed by atoms with Gasteiger partial charge in [-0.1, -0.05) is 0 Å². The summed E-state index contributed by atoms with van der Waals surface area (Å²) >= 11 is 2.18. The summed E-state index contributed by atoms with van der Waals surface area (Å²) < 4.78 is 33.5. The molecule has 0 aliphatic carbocycles. The average Bonchev–Trinajstić information content (AvgIpc) is 3.01. The molecule has 0 atom stereocenters. The molecular weight excluding hydrogens is 417 g/mol. The summed E-state index contributed by atoms with van der Waals surface area (Å²) in [6.07, 6.45) is 1.67. The second kappa shape index (κ2) is 5.76. The number of aromatic nitrogens is 2. The molecule has 0 amide bonds. The number of fused-ring (bicyclic) bond motifs is 1. The molecule has 0 fully saturated rings. The summed E-state index contributed by atoms with van der Waals surface area (Å²) in [6, 6.07) is 9.76. The van der Waals surface area contributed by atoms with Gasteiger partial charge in [-0.25, -0.2) is 8.42 Å². The van der Waals surface area contributed by atoms with Crippen LogP contribution in [0.25, 0.3) is 10.9 Å². The molecule has 114 valence electrons. The van der Waals surface area contributed by atoms with Crippen molar-refractivity contribution < 1.29 is 13.2 Å². The predicted octanol–water partition coefficient (Wildman–Crippen LogP) is 2.98. The van der Waals surface area contributed by atoms with E-state index in [0.29, 0.717) is 17.0 Å². The molecule has 1 aromatic heterocycles. The van der Waals surface area contributed by atoms with E-state index >= 15 is 0 Å². The minimum absolute atomic E-state index is 0.166. The summed E-state index contributed by atoms with van der Waals surface area (Å²) in [4.78, 5) is 0.166. The number of sulfonamides is 1. The van der Waals surface area contributed by atoms with E-state index in [-0.39, 0.29) is 4.90 Å². The molecule has 0 saturated heterocycles. The van der Waals surface area contributed by atoms with Crippen LogP contribution in [0.15, 0.2) is 47.5 Å². The van der Waals surface area contributed by atoms with Crippen molar-refractivity contribution in [3.8, 4) is 5.75 Å². The lowest BCUT2D eigenvalue weighted by atomic mass is 10.2. The molecule has 0 spiro atoms. The van der Waals surface area contributed by atoms with Crippen LogP contribution in [0.5, 0.6) is 5.75 Å². The molecule has 22 heavy (non-hydrogen) atoms. The Kier molecular flexibility index (Phi) is 3.96. The van der Waals surface area contributed by atoms with Crippen LogP contribution in [-0.2, 0) is 10.0 Å². The Bertz CT molecular complexity index is 920. The van der Waals surface area contributed by atoms with Crippen LogP contribution >= 0.6 is 22.6 Å². The first kappa shape index (κ1) is 15.1. The minimum Gasteiger partial charge on any atom is -0.497 e. The van der Waals surface area contributed by atoms with Crippen LogP contribution in [0.4, 0.5) is 5.69 Å². The molecule has 0 radical (unpaired) electrons. The number of ether oxygens (including phenoxy) is 1. The van der Waals surface area contributed by atoms with Crippen LogP contribution in [0, 0.1) is 3.57 Å². The number of hydrogen-bond acceptors (Lipinski definition) is 4. The van der Waals surface area contributed by atoms with Gasteiger partial charge in [-0.3, -0.25) is 9.82 Å². The number of anilines is 1. The number of nitrogens with one attached hydrogen (secondary N) is 2. The normalized spacial score (nSPS) is 11.5. The predicted molar refractivity (Wildman–Crippen MR) is 92.6 cm³/mol. The highest BCUT2D eigenvalue weighted by Gasteiger charge is 2.17. The minimum atomic E-state index is -3.68. The van der Waals surface area contributed by atoms with Gasteiger partial charge in [0.2, 0.25) is 0 Å². The van der Waals surface area contributed by atoms with E-state index in [9.17, 15) is 8.42 Å². The van der Waals surface area contributed by atoms with Crippen LogP contribution in [0.1, 0.15) is 0 Å². The van der Waals surface area contributed by atoms with E-state index < -0.39 is 10.0 Å². The third kappa shape index (κ3) is 2.75. The van der Waals surface area contributed by atoms with Crippen molar-refractivity contribution in [1.82, 2.24) is 10.2 Å². The maximum absolute atomic E-state index is 12.5. The fraction of sp³-hybridized carbons (Fsp3) is 0.0714. The van der Waals surface area contributed by atoms with Gasteiger partial charge in [0, 0.05) is 8.96 Å². The van der Waals surface area contributed by atoms with Gasteiger partial charge >= 0.3 is 0 Å². The molecule has 6 nitrogen and oxygen atoms in total. The monoisotopic (exact) mass is 429 g/mol. The third-order valence-electron chi connectivity index (χ3n) is 3.18. The van der Waals surface area contributed by atoms with Crippen molar-refractivity contribution in [2.45, 2.75) is 4.90 Å². The number of halogens is 1. The van der Waals surface area contributed by atoms with E-state index in [1.807, 2.05) is 6.07 Å². The van der Waals surface area contributed by atoms with Gasteiger partial charge in [0.15, 0.2) is 0 Å². The maximum Gasteiger partial charge on any atom is 0.261 e. The summed E-state index contributed by atoms with van der Waals surface area (Å²) in [5.74, 6) is 0.601. The lowest BCUT2D eigenvalue weighted by molar-refractivity contribution is 0.414. The van der Waals surface area contributed by atoms with Crippen LogP contribution in [0.2, 0.25) is 0 Å². The zero-order chi connectivity index (χ0) is 15.7. The van der Waals surface area contributed by atoms with Gasteiger partial charge in [-0.15, -0.1) is 0 Å². The molecule has 1 heterocycles. The third-order valence-corrected chi connectivity index (χ3v) is 5.50. The molecule has 3 aromatic rings. The van der Waals surface area contributed by atoms with Crippen molar-refractivity contribution in [3.05, 3.63) is 46.2 Å². The Balaban J connectivity index is 1.99. The standard InChI is InChI=1S/C14H12IN3O3S/c1-21-9-2-4-10(5-3-9)22(19,20)18-13-7-6-12(15)11-8-16-17-14(11)13/h2-8,18H,1H3,(H,16,17). The molecule has 3 rings (SSSR count). The van der Waals surface area contributed by atoms with Crippen LogP contribution in [-0.4, -0.2) is 25.7 Å². The quantitative estimate of drug-likeness (QED) is 0.625. The molecule has 0 aliphatic rings. The number of nitrogens with zero attached hydrogens (tertiary/aromatic N) is 1. The molecule has 0 unspecified atom stereocenters. The summed E-state index contributed by atoms with van der Waals surface area (Å²) in [6.45, 7) is 0. The summed E-state index contributed by atoms with van der Waals surface area (Å²) in [7, 11) is -2.15. The van der Waals surface area contributed by atoms with Crippen molar-refractivity contribution in [2.24, 2.45) is 0 Å². The first-order valence-corrected chi connectivity index (χ1v) is 8.86. The van der Waals surface area contributed by atoms with Crippen molar-refractivity contribution in [1.29, 1.82) is 0 Å². The number of hydrogen-bond donors (Lipinski definition) is 2. The second-order valence-electron chi connectivity index (χ2n) is 4.53.